The molecule has 9 nitrogen and oxygen atoms in total. The number of cyclic esters (lactones) is 1. The fourth-order valence-corrected chi connectivity index (χ4v) is 8.29. The number of aliphatic hydroxyl groups excluding tert-OH is 1. The van der Waals surface area contributed by atoms with Gasteiger partial charge in [0.2, 0.25) is 0 Å². The topological polar surface area (TPSA) is 129 Å². The summed E-state index contributed by atoms with van der Waals surface area (Å²) in [5.74, 6) is -4.52. The average molecular weight is 569 g/mol. The molecular weight excluding hydrogens is 528 g/mol. The summed E-state index contributed by atoms with van der Waals surface area (Å²) in [7, 11) is 1.20. The van der Waals surface area contributed by atoms with Gasteiger partial charge >= 0.3 is 17.9 Å². The fourth-order valence-electron chi connectivity index (χ4n) is 8.29. The van der Waals surface area contributed by atoms with Gasteiger partial charge in [0.25, 0.3) is 0 Å². The fraction of sp³-hybridized carbons (Fsp3) is 0.625. The molecule has 0 aromatic carbocycles. The lowest BCUT2D eigenvalue weighted by atomic mass is 9.41. The number of furan rings is 1. The highest BCUT2D eigenvalue weighted by atomic mass is 16.6. The third-order valence-electron chi connectivity index (χ3n) is 10.6. The first-order valence-electron chi connectivity index (χ1n) is 14.4. The monoisotopic (exact) mass is 568 g/mol. The number of carbonyl (C=O) groups is 4. The number of esters is 3. The SMILES string of the molecule is CCC(C)C(=O)OC1C2C=C3C4=CC(=O)OC(c5ccoc5)C4(C)CCC3C(C)(C2=O)C(C(O)C(=O)OC)C1(C)C. The lowest BCUT2D eigenvalue weighted by Crippen LogP contribution is -2.68. The minimum absolute atomic E-state index is 0.186. The zero-order chi connectivity index (χ0) is 30.1. The largest absolute Gasteiger partial charge is 0.472 e. The molecule has 4 aliphatic rings. The summed E-state index contributed by atoms with van der Waals surface area (Å²) < 4.78 is 22.2. The first-order chi connectivity index (χ1) is 19.2. The average Bonchev–Trinajstić information content (AvgIpc) is 3.46. The van der Waals surface area contributed by atoms with Crippen LogP contribution in [0.3, 0.4) is 0 Å². The van der Waals surface area contributed by atoms with E-state index in [2.05, 4.69) is 0 Å². The van der Waals surface area contributed by atoms with Crippen LogP contribution in [-0.4, -0.2) is 48.1 Å². The summed E-state index contributed by atoms with van der Waals surface area (Å²) in [6.07, 6.45) is 5.02. The predicted molar refractivity (Wildman–Crippen MR) is 146 cm³/mol. The Hall–Kier alpha value is -3.20. The van der Waals surface area contributed by atoms with Gasteiger partial charge in [-0.3, -0.25) is 9.59 Å². The van der Waals surface area contributed by atoms with Crippen LogP contribution in [0.4, 0.5) is 0 Å². The third-order valence-corrected chi connectivity index (χ3v) is 10.6. The molecule has 2 saturated carbocycles. The molecule has 2 fully saturated rings. The summed E-state index contributed by atoms with van der Waals surface area (Å²) >= 11 is 0. The van der Waals surface area contributed by atoms with Crippen molar-refractivity contribution in [2.24, 2.45) is 39.9 Å². The Morgan fingerprint density at radius 3 is 2.49 bits per heavy atom. The van der Waals surface area contributed by atoms with Gasteiger partial charge in [0.1, 0.15) is 18.0 Å². The van der Waals surface area contributed by atoms with E-state index in [4.69, 9.17) is 18.6 Å². The van der Waals surface area contributed by atoms with Crippen molar-refractivity contribution < 1.29 is 42.9 Å². The van der Waals surface area contributed by atoms with Gasteiger partial charge in [-0.2, -0.15) is 0 Å². The van der Waals surface area contributed by atoms with Gasteiger partial charge in [0.15, 0.2) is 6.10 Å². The van der Waals surface area contributed by atoms with Crippen molar-refractivity contribution in [3.8, 4) is 0 Å². The molecule has 0 spiro atoms. The van der Waals surface area contributed by atoms with Crippen LogP contribution >= 0.6 is 0 Å². The normalized spacial score (nSPS) is 36.9. The van der Waals surface area contributed by atoms with Crippen LogP contribution in [0.15, 0.2) is 46.3 Å². The van der Waals surface area contributed by atoms with Crippen LogP contribution < -0.4 is 0 Å². The molecule has 1 aromatic heterocycles. The molecule has 1 aliphatic heterocycles. The molecule has 5 rings (SSSR count). The molecule has 0 amide bonds. The Balaban J connectivity index is 1.70. The van der Waals surface area contributed by atoms with Crippen LogP contribution in [0.1, 0.15) is 72.5 Å². The van der Waals surface area contributed by atoms with E-state index in [1.165, 1.54) is 19.4 Å². The number of fused-ring (bicyclic) bond motifs is 6. The van der Waals surface area contributed by atoms with Crippen LogP contribution in [0.2, 0.25) is 0 Å². The number of aliphatic hydroxyl groups is 1. The van der Waals surface area contributed by atoms with Gasteiger partial charge in [-0.15, -0.1) is 0 Å². The highest BCUT2D eigenvalue weighted by Crippen LogP contribution is 2.67. The molecule has 1 N–H and O–H groups in total. The maximum atomic E-state index is 14.5. The molecule has 1 aromatic rings. The summed E-state index contributed by atoms with van der Waals surface area (Å²) in [5, 5.41) is 11.5. The van der Waals surface area contributed by atoms with Crippen molar-refractivity contribution in [1.82, 2.24) is 0 Å². The quantitative estimate of drug-likeness (QED) is 0.389. The van der Waals surface area contributed by atoms with Crippen LogP contribution in [-0.2, 0) is 33.4 Å². The number of hydrogen-bond acceptors (Lipinski definition) is 9. The second kappa shape index (κ2) is 9.96. The Morgan fingerprint density at radius 2 is 1.88 bits per heavy atom. The van der Waals surface area contributed by atoms with Crippen molar-refractivity contribution >= 4 is 23.7 Å². The van der Waals surface area contributed by atoms with Crippen LogP contribution in [0.5, 0.6) is 0 Å². The van der Waals surface area contributed by atoms with Gasteiger partial charge in [-0.25, -0.2) is 9.59 Å². The molecule has 2 heterocycles. The second-order valence-electron chi connectivity index (χ2n) is 13.2. The lowest BCUT2D eigenvalue weighted by molar-refractivity contribution is -0.207. The molecule has 9 atom stereocenters. The molecule has 222 valence electrons. The number of allylic oxidation sites excluding steroid dienone is 1. The lowest BCUT2D eigenvalue weighted by Gasteiger charge is -2.63. The molecule has 2 bridgehead atoms. The minimum Gasteiger partial charge on any atom is -0.472 e. The molecule has 3 aliphatic carbocycles. The number of Topliss-reactive ketones (excluding diaryl/α,β-unsaturated/α-hetero) is 1. The number of ether oxygens (including phenoxy) is 3. The molecular formula is C32H40O9. The van der Waals surface area contributed by atoms with E-state index in [0.29, 0.717) is 19.3 Å². The molecule has 41 heavy (non-hydrogen) atoms. The van der Waals surface area contributed by atoms with Crippen molar-refractivity contribution in [3.63, 3.8) is 0 Å². The number of hydrogen-bond donors (Lipinski definition) is 1. The summed E-state index contributed by atoms with van der Waals surface area (Å²) in [5.41, 5.74) is -0.494. The number of methoxy groups -OCH3 is 1. The Bertz CT molecular complexity index is 1320. The van der Waals surface area contributed by atoms with E-state index in [-0.39, 0.29) is 5.78 Å². The van der Waals surface area contributed by atoms with Crippen molar-refractivity contribution in [3.05, 3.63) is 47.5 Å². The zero-order valence-corrected chi connectivity index (χ0v) is 24.8. The van der Waals surface area contributed by atoms with Crippen molar-refractivity contribution in [1.29, 1.82) is 0 Å². The van der Waals surface area contributed by atoms with E-state index >= 15 is 0 Å². The molecule has 0 saturated heterocycles. The van der Waals surface area contributed by atoms with Crippen LogP contribution in [0, 0.1) is 39.9 Å². The van der Waals surface area contributed by atoms with Crippen molar-refractivity contribution in [2.75, 3.05) is 7.11 Å². The Morgan fingerprint density at radius 1 is 1.17 bits per heavy atom. The molecule has 9 unspecified atom stereocenters. The summed E-state index contributed by atoms with van der Waals surface area (Å²) in [6, 6.07) is 1.78. The van der Waals surface area contributed by atoms with E-state index < -0.39 is 76.1 Å². The van der Waals surface area contributed by atoms with E-state index in [9.17, 15) is 24.3 Å². The Labute approximate surface area is 240 Å². The van der Waals surface area contributed by atoms with E-state index in [1.54, 1.807) is 19.3 Å². The first-order valence-corrected chi connectivity index (χ1v) is 14.4. The van der Waals surface area contributed by atoms with Crippen LogP contribution in [0.25, 0.3) is 0 Å². The second-order valence-corrected chi connectivity index (χ2v) is 13.2. The highest BCUT2D eigenvalue weighted by molar-refractivity contribution is 5.95. The van der Waals surface area contributed by atoms with Gasteiger partial charge in [-0.1, -0.05) is 47.6 Å². The van der Waals surface area contributed by atoms with Crippen molar-refractivity contribution in [2.45, 2.75) is 79.1 Å². The Kier molecular flexibility index (Phi) is 7.12. The molecule has 0 radical (unpaired) electrons. The maximum absolute atomic E-state index is 14.5. The summed E-state index contributed by atoms with van der Waals surface area (Å²) in [4.78, 5) is 53.4. The first kappa shape index (κ1) is 29.3. The van der Waals surface area contributed by atoms with E-state index in [1.807, 2.05) is 40.7 Å². The maximum Gasteiger partial charge on any atom is 0.335 e. The third kappa shape index (κ3) is 4.14. The summed E-state index contributed by atoms with van der Waals surface area (Å²) in [6.45, 7) is 11.2. The van der Waals surface area contributed by atoms with E-state index in [0.717, 1.165) is 16.7 Å². The van der Waals surface area contributed by atoms with Gasteiger partial charge in [-0.05, 0) is 42.4 Å². The zero-order valence-electron chi connectivity index (χ0n) is 24.8. The number of ketones is 1. The molecule has 9 heteroatoms. The number of rotatable bonds is 6. The van der Waals surface area contributed by atoms with Gasteiger partial charge in [0, 0.05) is 33.8 Å². The highest BCUT2D eigenvalue weighted by Gasteiger charge is 2.70. The predicted octanol–water partition coefficient (Wildman–Crippen LogP) is 4.50. The number of carbonyl (C=O) groups excluding carboxylic acids is 4. The minimum atomic E-state index is -1.63. The standard InChI is InChI=1S/C32H40O9/c1-8-16(2)28(36)41-27-19-13-18-20(32(6,25(19)35)24(30(27,3)4)23(34)29(37)38-7)9-11-31(5)21(18)14-22(33)40-26(31)17-10-12-39-15-17/h10,12-16,19-20,23-24,26-27,34H,8-9,11H2,1-7H3. The smallest absolute Gasteiger partial charge is 0.335 e. The van der Waals surface area contributed by atoms with Gasteiger partial charge in [0.05, 0.1) is 31.5 Å². The van der Waals surface area contributed by atoms with Gasteiger partial charge < -0.3 is 23.7 Å².